The average Bonchev–Trinajstić information content (AvgIpc) is 3.87. The molecule has 10 atom stereocenters. The summed E-state index contributed by atoms with van der Waals surface area (Å²) in [5, 5.41) is 0. The smallest absolute Gasteiger partial charge is 0.127 e. The molecule has 6 aliphatic rings. The van der Waals surface area contributed by atoms with Crippen LogP contribution >= 0.6 is 0 Å². The molecule has 0 radical (unpaired) electrons. The fourth-order valence-electron chi connectivity index (χ4n) is 12.4. The summed E-state index contributed by atoms with van der Waals surface area (Å²) >= 11 is 0. The van der Waals surface area contributed by atoms with E-state index >= 15 is 0 Å². The molecule has 1 saturated carbocycles. The van der Waals surface area contributed by atoms with Gasteiger partial charge in [-0.2, -0.15) is 0 Å². The lowest BCUT2D eigenvalue weighted by molar-refractivity contribution is -0.115. The predicted molar refractivity (Wildman–Crippen MR) is 194 cm³/mol. The molecule has 240 valence electrons. The van der Waals surface area contributed by atoms with Gasteiger partial charge in [0.2, 0.25) is 0 Å². The molecule has 2 aliphatic carbocycles. The molecule has 2 nitrogen and oxygen atoms in total. The Balaban J connectivity index is 1.16. The SMILES string of the molecule is C1=C[C@@H]2[C@H]([C@H]3[C@@H]1[C@H]1[C@@H]3[C@]3(c4ccccc4)O[C@@]1(c1ccccc1)c1ccccc13)[C@@]1(c3ccccc3)O[C@]2(c2ccccc2)c2ccccc21. The number of benzene rings is 6. The Labute approximate surface area is 293 Å². The maximum absolute atomic E-state index is 7.94. The summed E-state index contributed by atoms with van der Waals surface area (Å²) in [6.45, 7) is 0. The minimum Gasteiger partial charge on any atom is -0.349 e. The van der Waals surface area contributed by atoms with E-state index in [-0.39, 0.29) is 23.7 Å². The zero-order valence-corrected chi connectivity index (χ0v) is 27.6. The van der Waals surface area contributed by atoms with Gasteiger partial charge in [0.25, 0.3) is 0 Å². The van der Waals surface area contributed by atoms with Gasteiger partial charge in [0.1, 0.15) is 22.4 Å². The molecule has 0 aromatic heterocycles. The molecule has 6 aromatic carbocycles. The molecule has 0 spiro atoms. The summed E-state index contributed by atoms with van der Waals surface area (Å²) in [6.07, 6.45) is 5.17. The van der Waals surface area contributed by atoms with Crippen molar-refractivity contribution in [3.05, 3.63) is 227 Å². The third kappa shape index (κ3) is 2.89. The monoisotopic (exact) mass is 644 g/mol. The summed E-state index contributed by atoms with van der Waals surface area (Å²) in [6, 6.07) is 62.7. The molecule has 0 amide bonds. The molecule has 2 heteroatoms. The first kappa shape index (κ1) is 27.8. The van der Waals surface area contributed by atoms with Crippen LogP contribution in [0.4, 0.5) is 0 Å². The fourth-order valence-corrected chi connectivity index (χ4v) is 12.4. The van der Waals surface area contributed by atoms with Gasteiger partial charge < -0.3 is 9.47 Å². The van der Waals surface area contributed by atoms with E-state index in [9.17, 15) is 0 Å². The lowest BCUT2D eigenvalue weighted by atomic mass is 9.36. The van der Waals surface area contributed by atoms with Crippen molar-refractivity contribution in [2.75, 3.05) is 0 Å². The first-order valence-electron chi connectivity index (χ1n) is 18.3. The quantitative estimate of drug-likeness (QED) is 0.141. The zero-order valence-electron chi connectivity index (χ0n) is 27.6. The summed E-state index contributed by atoms with van der Waals surface area (Å²) in [4.78, 5) is 0. The van der Waals surface area contributed by atoms with E-state index in [2.05, 4.69) is 182 Å². The molecule has 0 N–H and O–H groups in total. The normalized spacial score (nSPS) is 37.3. The molecule has 4 bridgehead atoms. The Bertz CT molecular complexity index is 2340. The van der Waals surface area contributed by atoms with E-state index in [0.717, 1.165) is 0 Å². The van der Waals surface area contributed by atoms with Crippen LogP contribution < -0.4 is 0 Å². The van der Waals surface area contributed by atoms with Crippen molar-refractivity contribution in [3.63, 3.8) is 0 Å². The molecule has 4 heterocycles. The Kier molecular flexibility index (Phi) is 5.22. The molecular formula is C48H36O2. The standard InChI is InChI=1S/C48H36O2/c1-5-17-31(18-6-1)45-36-25-13-14-26-37(36)47(49-45,33-21-9-3-10-22-33)43-40(45)30-29-35-41(43)44-42(35)46(32-19-7-2-8-20-32)38-27-15-16-28-39(38)48(44,50-46)34-23-11-4-12-24-34/h1-30,35,40-44H/t35-,40-,41-,42+,43-,44-,45-,46+,47+,48-/m1/s1. The highest BCUT2D eigenvalue weighted by Gasteiger charge is 2.84. The van der Waals surface area contributed by atoms with Gasteiger partial charge in [-0.05, 0) is 56.3 Å². The van der Waals surface area contributed by atoms with Crippen LogP contribution in [0.3, 0.4) is 0 Å². The van der Waals surface area contributed by atoms with E-state index in [1.165, 1.54) is 44.5 Å². The van der Waals surface area contributed by atoms with Crippen molar-refractivity contribution in [2.24, 2.45) is 35.5 Å². The minimum atomic E-state index is -0.601. The summed E-state index contributed by atoms with van der Waals surface area (Å²) in [5.74, 6) is 1.58. The van der Waals surface area contributed by atoms with Crippen LogP contribution in [-0.4, -0.2) is 0 Å². The molecule has 0 unspecified atom stereocenters. The highest BCUT2D eigenvalue weighted by Crippen LogP contribution is 2.83. The number of rotatable bonds is 4. The molecule has 12 rings (SSSR count). The fraction of sp³-hybridized carbons (Fsp3) is 0.208. The van der Waals surface area contributed by atoms with Crippen molar-refractivity contribution in [1.29, 1.82) is 0 Å². The van der Waals surface area contributed by atoms with Gasteiger partial charge in [0.15, 0.2) is 0 Å². The van der Waals surface area contributed by atoms with E-state index in [1.54, 1.807) is 0 Å². The molecule has 2 saturated heterocycles. The Hall–Kier alpha value is -5.02. The number of ether oxygens (including phenoxy) is 2. The van der Waals surface area contributed by atoms with Crippen LogP contribution in [0.25, 0.3) is 0 Å². The highest BCUT2D eigenvalue weighted by atomic mass is 16.5. The lowest BCUT2D eigenvalue weighted by Gasteiger charge is -2.63. The predicted octanol–water partition coefficient (Wildman–Crippen LogP) is 9.73. The molecule has 4 aliphatic heterocycles. The third-order valence-corrected chi connectivity index (χ3v) is 13.8. The Morgan fingerprint density at radius 3 is 1.12 bits per heavy atom. The largest absolute Gasteiger partial charge is 0.349 e. The summed E-state index contributed by atoms with van der Waals surface area (Å²) in [7, 11) is 0. The second kappa shape index (κ2) is 9.40. The van der Waals surface area contributed by atoms with Crippen molar-refractivity contribution >= 4 is 0 Å². The number of hydrogen-bond donors (Lipinski definition) is 0. The van der Waals surface area contributed by atoms with Crippen LogP contribution in [0.2, 0.25) is 0 Å². The van der Waals surface area contributed by atoms with Gasteiger partial charge in [-0.1, -0.05) is 182 Å². The number of fused-ring (bicyclic) bond motifs is 20. The molecule has 3 fully saturated rings. The van der Waals surface area contributed by atoms with E-state index < -0.39 is 22.4 Å². The van der Waals surface area contributed by atoms with Gasteiger partial charge in [0.05, 0.1) is 0 Å². The number of allylic oxidation sites excluding steroid dienone is 1. The molecule has 6 aromatic rings. The van der Waals surface area contributed by atoms with E-state index in [4.69, 9.17) is 9.47 Å². The van der Waals surface area contributed by atoms with Crippen molar-refractivity contribution in [3.8, 4) is 0 Å². The van der Waals surface area contributed by atoms with Gasteiger partial charge in [-0.15, -0.1) is 0 Å². The van der Waals surface area contributed by atoms with Gasteiger partial charge in [-0.25, -0.2) is 0 Å². The van der Waals surface area contributed by atoms with Crippen LogP contribution in [0, 0.1) is 35.5 Å². The number of hydrogen-bond acceptors (Lipinski definition) is 2. The van der Waals surface area contributed by atoms with E-state index in [0.29, 0.717) is 11.8 Å². The molecular weight excluding hydrogens is 609 g/mol. The summed E-state index contributed by atoms with van der Waals surface area (Å²) in [5.41, 5.74) is 8.02. The lowest BCUT2D eigenvalue weighted by Crippen LogP contribution is -2.64. The highest BCUT2D eigenvalue weighted by molar-refractivity contribution is 5.63. The van der Waals surface area contributed by atoms with Crippen molar-refractivity contribution in [2.45, 2.75) is 22.4 Å². The zero-order chi connectivity index (χ0) is 32.7. The van der Waals surface area contributed by atoms with E-state index in [1.807, 2.05) is 0 Å². The maximum Gasteiger partial charge on any atom is 0.127 e. The maximum atomic E-state index is 7.94. The minimum absolute atomic E-state index is 0.164. The van der Waals surface area contributed by atoms with Gasteiger partial charge in [0, 0.05) is 23.7 Å². The van der Waals surface area contributed by atoms with Crippen LogP contribution in [0.5, 0.6) is 0 Å². The van der Waals surface area contributed by atoms with Crippen LogP contribution in [0.1, 0.15) is 44.5 Å². The van der Waals surface area contributed by atoms with Gasteiger partial charge in [-0.3, -0.25) is 0 Å². The van der Waals surface area contributed by atoms with Crippen LogP contribution in [0.15, 0.2) is 182 Å². The first-order valence-corrected chi connectivity index (χ1v) is 18.3. The first-order chi connectivity index (χ1) is 24.8. The van der Waals surface area contributed by atoms with Gasteiger partial charge >= 0.3 is 0 Å². The second-order valence-corrected chi connectivity index (χ2v) is 15.3. The van der Waals surface area contributed by atoms with Crippen molar-refractivity contribution in [1.82, 2.24) is 0 Å². The third-order valence-electron chi connectivity index (χ3n) is 13.8. The van der Waals surface area contributed by atoms with Crippen LogP contribution in [-0.2, 0) is 31.9 Å². The van der Waals surface area contributed by atoms with Crippen molar-refractivity contribution < 1.29 is 9.47 Å². The molecule has 50 heavy (non-hydrogen) atoms. The Morgan fingerprint density at radius 2 is 0.660 bits per heavy atom. The topological polar surface area (TPSA) is 18.5 Å². The Morgan fingerprint density at radius 1 is 0.320 bits per heavy atom. The average molecular weight is 645 g/mol. The second-order valence-electron chi connectivity index (χ2n) is 15.3. The summed E-state index contributed by atoms with van der Waals surface area (Å²) < 4.78 is 15.9.